The number of amides is 1. The fraction of sp³-hybridized carbons (Fsp3) is 0.444. The van der Waals surface area contributed by atoms with Crippen molar-refractivity contribution in [3.05, 3.63) is 77.4 Å². The lowest BCUT2D eigenvalue weighted by Gasteiger charge is -2.40. The van der Waals surface area contributed by atoms with Crippen LogP contribution in [0.25, 0.3) is 5.57 Å². The highest BCUT2D eigenvalue weighted by Crippen LogP contribution is 2.38. The van der Waals surface area contributed by atoms with E-state index in [1.54, 1.807) is 0 Å². The van der Waals surface area contributed by atoms with Crippen molar-refractivity contribution in [2.45, 2.75) is 70.1 Å². The summed E-state index contributed by atoms with van der Waals surface area (Å²) in [5, 5.41) is 17.4. The molecule has 1 aliphatic rings. The lowest BCUT2D eigenvalue weighted by molar-refractivity contribution is -0.120. The number of aliphatic hydroxyl groups excluding tert-OH is 1. The molecule has 0 aliphatic heterocycles. The number of hydrogen-bond acceptors (Lipinski definition) is 3. The molecule has 2 aromatic carbocycles. The SMILES string of the molecule is C=C(C)c1cccc(C2(NC[C@@H](O)[C@H](Cc3cc(F)cc(F)c3)NC(C)=O)CCCCC2)c1. The molecule has 33 heavy (non-hydrogen) atoms. The van der Waals surface area contributed by atoms with E-state index in [4.69, 9.17) is 0 Å². The molecule has 178 valence electrons. The molecule has 0 saturated heterocycles. The van der Waals surface area contributed by atoms with Crippen LogP contribution in [-0.4, -0.2) is 29.7 Å². The van der Waals surface area contributed by atoms with Crippen molar-refractivity contribution in [3.63, 3.8) is 0 Å². The Hall–Kier alpha value is -2.57. The normalized spacial score (nSPS) is 17.2. The number of aliphatic hydroxyl groups is 1. The van der Waals surface area contributed by atoms with E-state index < -0.39 is 23.8 Å². The zero-order valence-electron chi connectivity index (χ0n) is 19.5. The van der Waals surface area contributed by atoms with Crippen LogP contribution in [0.15, 0.2) is 49.0 Å². The van der Waals surface area contributed by atoms with E-state index in [1.807, 2.05) is 19.1 Å². The number of hydrogen-bond donors (Lipinski definition) is 3. The van der Waals surface area contributed by atoms with Gasteiger partial charge in [-0.05, 0) is 61.1 Å². The highest BCUT2D eigenvalue weighted by Gasteiger charge is 2.35. The summed E-state index contributed by atoms with van der Waals surface area (Å²) in [6, 6.07) is 10.9. The average Bonchev–Trinajstić information content (AvgIpc) is 2.77. The van der Waals surface area contributed by atoms with Crippen molar-refractivity contribution in [2.24, 2.45) is 0 Å². The third-order valence-electron chi connectivity index (χ3n) is 6.50. The second kappa shape index (κ2) is 11.0. The number of halogens is 2. The fourth-order valence-electron chi connectivity index (χ4n) is 4.77. The Morgan fingerprint density at radius 1 is 1.09 bits per heavy atom. The van der Waals surface area contributed by atoms with Gasteiger partial charge in [-0.15, -0.1) is 0 Å². The molecule has 0 bridgehead atoms. The largest absolute Gasteiger partial charge is 0.390 e. The highest BCUT2D eigenvalue weighted by atomic mass is 19.1. The Labute approximate surface area is 195 Å². The first-order valence-corrected chi connectivity index (χ1v) is 11.6. The molecule has 3 N–H and O–H groups in total. The second-order valence-electron chi connectivity index (χ2n) is 9.24. The summed E-state index contributed by atoms with van der Waals surface area (Å²) in [4.78, 5) is 11.8. The molecule has 2 atom stereocenters. The van der Waals surface area contributed by atoms with Crippen LogP contribution < -0.4 is 10.6 Å². The Morgan fingerprint density at radius 2 is 1.76 bits per heavy atom. The van der Waals surface area contributed by atoms with Gasteiger partial charge in [0.2, 0.25) is 5.91 Å². The third kappa shape index (κ3) is 6.71. The van der Waals surface area contributed by atoms with Gasteiger partial charge >= 0.3 is 0 Å². The molecule has 0 spiro atoms. The predicted molar refractivity (Wildman–Crippen MR) is 128 cm³/mol. The van der Waals surface area contributed by atoms with Gasteiger partial charge in [-0.3, -0.25) is 4.79 Å². The smallest absolute Gasteiger partial charge is 0.217 e. The van der Waals surface area contributed by atoms with Gasteiger partial charge in [0.1, 0.15) is 11.6 Å². The lowest BCUT2D eigenvalue weighted by Crippen LogP contribution is -2.53. The van der Waals surface area contributed by atoms with Gasteiger partial charge < -0.3 is 15.7 Å². The standard InChI is InChI=1S/C27H34F2N2O2/c1-18(2)21-8-7-9-22(15-21)27(10-5-4-6-11-27)30-17-26(33)25(31-19(3)32)14-20-12-23(28)16-24(29)13-20/h7-9,12-13,15-16,25-26,30,33H,1,4-6,10-11,14,17H2,2-3H3,(H,31,32)/t25-,26+/m0/s1. The zero-order valence-corrected chi connectivity index (χ0v) is 19.5. The van der Waals surface area contributed by atoms with Crippen LogP contribution in [0.5, 0.6) is 0 Å². The molecule has 0 aromatic heterocycles. The molecular formula is C27H34F2N2O2. The topological polar surface area (TPSA) is 61.4 Å². The van der Waals surface area contributed by atoms with Gasteiger partial charge in [-0.25, -0.2) is 8.78 Å². The van der Waals surface area contributed by atoms with Crippen LogP contribution >= 0.6 is 0 Å². The summed E-state index contributed by atoms with van der Waals surface area (Å²) in [6.07, 6.45) is 4.40. The summed E-state index contributed by atoms with van der Waals surface area (Å²) >= 11 is 0. The van der Waals surface area contributed by atoms with Crippen molar-refractivity contribution in [1.29, 1.82) is 0 Å². The molecule has 1 fully saturated rings. The van der Waals surface area contributed by atoms with Crippen molar-refractivity contribution >= 4 is 11.5 Å². The molecule has 1 amide bonds. The summed E-state index contributed by atoms with van der Waals surface area (Å²) in [5.41, 5.74) is 3.35. The van der Waals surface area contributed by atoms with Crippen molar-refractivity contribution in [1.82, 2.24) is 10.6 Å². The first-order valence-electron chi connectivity index (χ1n) is 11.6. The Bertz CT molecular complexity index is 966. The fourth-order valence-corrected chi connectivity index (χ4v) is 4.77. The second-order valence-corrected chi connectivity index (χ2v) is 9.24. The van der Waals surface area contributed by atoms with Gasteiger partial charge in [0, 0.05) is 25.1 Å². The number of carbonyl (C=O) groups is 1. The van der Waals surface area contributed by atoms with E-state index >= 15 is 0 Å². The maximum absolute atomic E-state index is 13.7. The zero-order chi connectivity index (χ0) is 24.0. The Kier molecular flexibility index (Phi) is 8.38. The Balaban J connectivity index is 1.79. The lowest BCUT2D eigenvalue weighted by atomic mass is 9.76. The molecule has 6 heteroatoms. The van der Waals surface area contributed by atoms with E-state index in [9.17, 15) is 18.7 Å². The Morgan fingerprint density at radius 3 is 2.36 bits per heavy atom. The molecule has 1 saturated carbocycles. The minimum Gasteiger partial charge on any atom is -0.390 e. The molecular weight excluding hydrogens is 422 g/mol. The van der Waals surface area contributed by atoms with Gasteiger partial charge in [-0.2, -0.15) is 0 Å². The number of benzene rings is 2. The summed E-state index contributed by atoms with van der Waals surface area (Å²) in [6.45, 7) is 7.64. The van der Waals surface area contributed by atoms with E-state index in [-0.39, 0.29) is 24.4 Å². The maximum Gasteiger partial charge on any atom is 0.217 e. The molecule has 0 radical (unpaired) electrons. The van der Waals surface area contributed by atoms with Gasteiger partial charge in [-0.1, -0.05) is 49.6 Å². The number of rotatable bonds is 9. The van der Waals surface area contributed by atoms with Crippen molar-refractivity contribution in [2.75, 3.05) is 6.54 Å². The molecule has 2 aromatic rings. The minimum atomic E-state index is -0.941. The summed E-state index contributed by atoms with van der Waals surface area (Å²) in [5.74, 6) is -1.67. The van der Waals surface area contributed by atoms with Crippen LogP contribution in [-0.2, 0) is 16.8 Å². The number of carbonyl (C=O) groups excluding carboxylic acids is 1. The molecule has 4 nitrogen and oxygen atoms in total. The van der Waals surface area contributed by atoms with E-state index in [0.717, 1.165) is 48.4 Å². The van der Waals surface area contributed by atoms with Crippen LogP contribution in [0.1, 0.15) is 62.6 Å². The molecule has 1 aliphatic carbocycles. The third-order valence-corrected chi connectivity index (χ3v) is 6.50. The van der Waals surface area contributed by atoms with Crippen LogP contribution in [0.2, 0.25) is 0 Å². The van der Waals surface area contributed by atoms with E-state index in [2.05, 4.69) is 29.3 Å². The van der Waals surface area contributed by atoms with Gasteiger partial charge in [0.25, 0.3) is 0 Å². The minimum absolute atomic E-state index is 0.120. The van der Waals surface area contributed by atoms with E-state index in [0.29, 0.717) is 5.56 Å². The predicted octanol–water partition coefficient (Wildman–Crippen LogP) is 4.86. The maximum atomic E-state index is 13.7. The van der Waals surface area contributed by atoms with Crippen LogP contribution in [0.4, 0.5) is 8.78 Å². The monoisotopic (exact) mass is 456 g/mol. The highest BCUT2D eigenvalue weighted by molar-refractivity contribution is 5.73. The summed E-state index contributed by atoms with van der Waals surface area (Å²) < 4.78 is 27.3. The summed E-state index contributed by atoms with van der Waals surface area (Å²) in [7, 11) is 0. The van der Waals surface area contributed by atoms with Crippen LogP contribution in [0, 0.1) is 11.6 Å². The van der Waals surface area contributed by atoms with Crippen molar-refractivity contribution in [3.8, 4) is 0 Å². The van der Waals surface area contributed by atoms with Gasteiger partial charge in [0.05, 0.1) is 12.1 Å². The first kappa shape index (κ1) is 25.1. The van der Waals surface area contributed by atoms with Gasteiger partial charge in [0.15, 0.2) is 0 Å². The first-order chi connectivity index (χ1) is 15.7. The molecule has 3 rings (SSSR count). The van der Waals surface area contributed by atoms with Crippen LogP contribution in [0.3, 0.4) is 0 Å². The molecule has 0 heterocycles. The number of nitrogens with one attached hydrogen (secondary N) is 2. The quantitative estimate of drug-likeness (QED) is 0.505. The average molecular weight is 457 g/mol. The molecule has 0 unspecified atom stereocenters. The number of allylic oxidation sites excluding steroid dienone is 1. The van der Waals surface area contributed by atoms with E-state index in [1.165, 1.54) is 25.5 Å². The van der Waals surface area contributed by atoms with Crippen molar-refractivity contribution < 1.29 is 18.7 Å².